The average Bonchev–Trinajstić information content (AvgIpc) is 2.47. The van der Waals surface area contributed by atoms with Gasteiger partial charge in [0.2, 0.25) is 0 Å². The molecule has 6 heteroatoms. The summed E-state index contributed by atoms with van der Waals surface area (Å²) in [7, 11) is -0.947. The molecule has 2 amide bonds. The van der Waals surface area contributed by atoms with Crippen molar-refractivity contribution in [2.24, 2.45) is 0 Å². The van der Waals surface area contributed by atoms with E-state index in [-0.39, 0.29) is 12.1 Å². The Kier molecular flexibility index (Phi) is 6.17. The molecule has 2 unspecified atom stereocenters. The lowest BCUT2D eigenvalue weighted by molar-refractivity contribution is 0.250. The second-order valence-corrected chi connectivity index (χ2v) is 6.66. The summed E-state index contributed by atoms with van der Waals surface area (Å²) in [6.45, 7) is 1.82. The molecule has 0 fully saturated rings. The Balaban J connectivity index is 1.94. The first-order valence-electron chi connectivity index (χ1n) is 7.23. The van der Waals surface area contributed by atoms with Gasteiger partial charge in [0.25, 0.3) is 0 Å². The molecule has 0 heterocycles. The van der Waals surface area contributed by atoms with Crippen molar-refractivity contribution in [2.75, 3.05) is 17.3 Å². The number of nitrogens with one attached hydrogen (secondary N) is 2. The minimum absolute atomic E-state index is 0.162. The summed E-state index contributed by atoms with van der Waals surface area (Å²) in [6, 6.07) is 16.1. The lowest BCUT2D eigenvalue weighted by atomic mass is 10.3. The molecule has 0 spiro atoms. The number of para-hydroxylation sites is 1. The first kappa shape index (κ1) is 17.0. The van der Waals surface area contributed by atoms with Crippen molar-refractivity contribution in [2.45, 2.75) is 13.0 Å². The van der Waals surface area contributed by atoms with Crippen molar-refractivity contribution < 1.29 is 13.7 Å². The van der Waals surface area contributed by atoms with Crippen LogP contribution in [0.3, 0.4) is 0 Å². The number of urea groups is 1. The van der Waals surface area contributed by atoms with Crippen LogP contribution in [-0.2, 0) is 10.8 Å². The minimum Gasteiger partial charge on any atom is -0.457 e. The standard InChI is InChI=1S/C17H20N2O3S/c1-13(12-23(2)21)18-17(20)19-14-7-6-10-16(11-14)22-15-8-4-3-5-9-15/h3-11,13H,12H2,1-2H3,(H2,18,19,20). The van der Waals surface area contributed by atoms with E-state index in [2.05, 4.69) is 10.6 Å². The molecule has 2 rings (SSSR count). The van der Waals surface area contributed by atoms with Gasteiger partial charge in [-0.05, 0) is 31.2 Å². The highest BCUT2D eigenvalue weighted by Gasteiger charge is 2.09. The Labute approximate surface area is 138 Å². The van der Waals surface area contributed by atoms with Crippen molar-refractivity contribution in [3.8, 4) is 11.5 Å². The highest BCUT2D eigenvalue weighted by atomic mass is 32.2. The number of ether oxygens (including phenoxy) is 1. The van der Waals surface area contributed by atoms with Gasteiger partial charge in [0.1, 0.15) is 11.5 Å². The number of benzene rings is 2. The van der Waals surface area contributed by atoms with Gasteiger partial charge in [0.15, 0.2) is 0 Å². The molecule has 0 aliphatic carbocycles. The van der Waals surface area contributed by atoms with Gasteiger partial charge >= 0.3 is 6.03 Å². The maximum absolute atomic E-state index is 11.9. The Morgan fingerprint density at radius 3 is 2.52 bits per heavy atom. The Bertz CT molecular complexity index is 677. The van der Waals surface area contributed by atoms with Crippen LogP contribution in [0.5, 0.6) is 11.5 Å². The van der Waals surface area contributed by atoms with E-state index >= 15 is 0 Å². The van der Waals surface area contributed by atoms with E-state index in [1.807, 2.05) is 43.3 Å². The lowest BCUT2D eigenvalue weighted by Crippen LogP contribution is -2.39. The number of amides is 2. The lowest BCUT2D eigenvalue weighted by Gasteiger charge is -2.14. The summed E-state index contributed by atoms with van der Waals surface area (Å²) in [5, 5.41) is 5.49. The monoisotopic (exact) mass is 332 g/mol. The third kappa shape index (κ3) is 6.12. The van der Waals surface area contributed by atoms with Gasteiger partial charge < -0.3 is 15.4 Å². The molecule has 5 nitrogen and oxygen atoms in total. The predicted molar refractivity (Wildman–Crippen MR) is 93.5 cm³/mol. The van der Waals surface area contributed by atoms with Gasteiger partial charge in [0.05, 0.1) is 0 Å². The van der Waals surface area contributed by atoms with Gasteiger partial charge in [-0.3, -0.25) is 4.21 Å². The highest BCUT2D eigenvalue weighted by Crippen LogP contribution is 2.23. The van der Waals surface area contributed by atoms with Crippen LogP contribution in [0.15, 0.2) is 54.6 Å². The fraction of sp³-hybridized carbons (Fsp3) is 0.235. The smallest absolute Gasteiger partial charge is 0.319 e. The molecule has 2 N–H and O–H groups in total. The van der Waals surface area contributed by atoms with Gasteiger partial charge in [-0.1, -0.05) is 24.3 Å². The van der Waals surface area contributed by atoms with Gasteiger partial charge in [-0.15, -0.1) is 0 Å². The van der Waals surface area contributed by atoms with Crippen LogP contribution < -0.4 is 15.4 Å². The van der Waals surface area contributed by atoms with Crippen molar-refractivity contribution in [3.63, 3.8) is 0 Å². The van der Waals surface area contributed by atoms with E-state index in [1.165, 1.54) is 0 Å². The third-order valence-corrected chi connectivity index (χ3v) is 3.90. The molecule has 0 aromatic heterocycles. The molecular formula is C17H20N2O3S. The summed E-state index contributed by atoms with van der Waals surface area (Å²) in [5.41, 5.74) is 0.626. The number of hydrogen-bond donors (Lipinski definition) is 2. The fourth-order valence-corrected chi connectivity index (χ4v) is 2.83. The van der Waals surface area contributed by atoms with Gasteiger partial charge in [-0.25, -0.2) is 4.79 Å². The Morgan fingerprint density at radius 2 is 1.83 bits per heavy atom. The summed E-state index contributed by atoms with van der Waals surface area (Å²) in [5.74, 6) is 1.79. The SMILES string of the molecule is CC(CS(C)=O)NC(=O)Nc1cccc(Oc2ccccc2)c1. The molecule has 2 aromatic carbocycles. The maximum atomic E-state index is 11.9. The zero-order valence-corrected chi connectivity index (χ0v) is 13.9. The molecule has 0 radical (unpaired) electrons. The molecule has 2 atom stereocenters. The van der Waals surface area contributed by atoms with E-state index in [0.29, 0.717) is 17.2 Å². The molecule has 0 aliphatic heterocycles. The van der Waals surface area contributed by atoms with Crippen LogP contribution in [-0.4, -0.2) is 28.3 Å². The van der Waals surface area contributed by atoms with Gasteiger partial charge in [0, 0.05) is 40.6 Å². The predicted octanol–water partition coefficient (Wildman–Crippen LogP) is 3.37. The Morgan fingerprint density at radius 1 is 1.13 bits per heavy atom. The summed E-state index contributed by atoms with van der Waals surface area (Å²) >= 11 is 0. The molecule has 0 aliphatic rings. The molecule has 0 bridgehead atoms. The third-order valence-electron chi connectivity index (χ3n) is 2.93. The van der Waals surface area contributed by atoms with E-state index in [9.17, 15) is 9.00 Å². The normalized spacial score (nSPS) is 13.0. The van der Waals surface area contributed by atoms with Crippen LogP contribution in [0.4, 0.5) is 10.5 Å². The summed E-state index contributed by atoms with van der Waals surface area (Å²) in [4.78, 5) is 11.9. The van der Waals surface area contributed by atoms with Crippen LogP contribution >= 0.6 is 0 Å². The van der Waals surface area contributed by atoms with Crippen molar-refractivity contribution >= 4 is 22.5 Å². The zero-order valence-electron chi connectivity index (χ0n) is 13.1. The number of anilines is 1. The number of hydrogen-bond acceptors (Lipinski definition) is 3. The number of rotatable bonds is 6. The number of carbonyl (C=O) groups is 1. The molecule has 122 valence electrons. The van der Waals surface area contributed by atoms with Crippen LogP contribution in [0, 0.1) is 0 Å². The molecule has 2 aromatic rings. The van der Waals surface area contributed by atoms with Gasteiger partial charge in [-0.2, -0.15) is 0 Å². The topological polar surface area (TPSA) is 67.4 Å². The van der Waals surface area contributed by atoms with E-state index in [0.717, 1.165) is 5.75 Å². The van der Waals surface area contributed by atoms with Crippen molar-refractivity contribution in [3.05, 3.63) is 54.6 Å². The largest absolute Gasteiger partial charge is 0.457 e. The first-order chi connectivity index (χ1) is 11.0. The van der Waals surface area contributed by atoms with Crippen LogP contribution in [0.2, 0.25) is 0 Å². The molecule has 0 saturated carbocycles. The average molecular weight is 332 g/mol. The van der Waals surface area contributed by atoms with E-state index in [4.69, 9.17) is 4.74 Å². The summed E-state index contributed by atoms with van der Waals surface area (Å²) < 4.78 is 16.9. The van der Waals surface area contributed by atoms with E-state index in [1.54, 1.807) is 24.5 Å². The van der Waals surface area contributed by atoms with Crippen LogP contribution in [0.25, 0.3) is 0 Å². The maximum Gasteiger partial charge on any atom is 0.319 e. The highest BCUT2D eigenvalue weighted by molar-refractivity contribution is 7.84. The molecule has 0 saturated heterocycles. The fourth-order valence-electron chi connectivity index (χ4n) is 2.05. The van der Waals surface area contributed by atoms with Crippen LogP contribution in [0.1, 0.15) is 6.92 Å². The Hall–Kier alpha value is -2.34. The first-order valence-corrected chi connectivity index (χ1v) is 8.96. The van der Waals surface area contributed by atoms with Crippen molar-refractivity contribution in [1.29, 1.82) is 0 Å². The zero-order chi connectivity index (χ0) is 16.7. The number of carbonyl (C=O) groups excluding carboxylic acids is 1. The quantitative estimate of drug-likeness (QED) is 0.852. The van der Waals surface area contributed by atoms with Crippen molar-refractivity contribution in [1.82, 2.24) is 5.32 Å². The molecular weight excluding hydrogens is 312 g/mol. The second kappa shape index (κ2) is 8.33. The molecule has 23 heavy (non-hydrogen) atoms. The van der Waals surface area contributed by atoms with E-state index < -0.39 is 10.8 Å². The second-order valence-electron chi connectivity index (χ2n) is 5.18. The minimum atomic E-state index is -0.947. The summed E-state index contributed by atoms with van der Waals surface area (Å²) in [6.07, 6.45) is 1.61.